The standard InChI is InChI=1S/C32H45F3O3/c1-29(2,28(32(33,34)35)38-19-20-6-9-23(37-5)10-7-20)27-13-12-25-24-11-8-21-18-22(36)14-16-30(21,3)26(24)15-17-31(25,27)4/h6-7,9-10,21,24-28H,8,11-19H2,1-5H3/t21-,24+,25+,26+,27-,28?,30+,31+/m1/s1. The molecule has 0 radical (unpaired) electrons. The van der Waals surface area contributed by atoms with Crippen molar-refractivity contribution in [3.63, 3.8) is 0 Å². The molecule has 4 aliphatic rings. The lowest BCUT2D eigenvalue weighted by Gasteiger charge is -2.61. The van der Waals surface area contributed by atoms with E-state index in [9.17, 15) is 18.0 Å². The maximum absolute atomic E-state index is 14.6. The molecular formula is C32H45F3O3. The maximum Gasteiger partial charge on any atom is 0.415 e. The van der Waals surface area contributed by atoms with Gasteiger partial charge in [-0.05, 0) is 103 Å². The molecule has 3 nitrogen and oxygen atoms in total. The summed E-state index contributed by atoms with van der Waals surface area (Å²) >= 11 is 0. The summed E-state index contributed by atoms with van der Waals surface area (Å²) in [5, 5.41) is 0. The van der Waals surface area contributed by atoms with Crippen molar-refractivity contribution in [1.82, 2.24) is 0 Å². The Morgan fingerprint density at radius 2 is 1.63 bits per heavy atom. The van der Waals surface area contributed by atoms with Crippen LogP contribution in [0.2, 0.25) is 0 Å². The van der Waals surface area contributed by atoms with Crippen molar-refractivity contribution in [2.45, 2.75) is 104 Å². The molecule has 4 saturated carbocycles. The van der Waals surface area contributed by atoms with Gasteiger partial charge in [0.05, 0.1) is 13.7 Å². The van der Waals surface area contributed by atoms with Gasteiger partial charge in [-0.2, -0.15) is 13.2 Å². The smallest absolute Gasteiger partial charge is 0.415 e. The highest BCUT2D eigenvalue weighted by Crippen LogP contribution is 2.70. The predicted octanol–water partition coefficient (Wildman–Crippen LogP) is 8.40. The summed E-state index contributed by atoms with van der Waals surface area (Å²) in [5.74, 6) is 3.14. The van der Waals surface area contributed by atoms with Gasteiger partial charge in [0, 0.05) is 18.3 Å². The normalized spacial score (nSPS) is 38.2. The van der Waals surface area contributed by atoms with Crippen LogP contribution in [0.5, 0.6) is 5.75 Å². The fourth-order valence-corrected chi connectivity index (χ4v) is 10.1. The van der Waals surface area contributed by atoms with Gasteiger partial charge in [-0.15, -0.1) is 0 Å². The van der Waals surface area contributed by atoms with Crippen LogP contribution in [0.15, 0.2) is 24.3 Å². The van der Waals surface area contributed by atoms with Gasteiger partial charge in [-0.1, -0.05) is 39.8 Å². The number of Topliss-reactive ketones (excluding diaryl/α,β-unsaturated/α-hetero) is 1. The Labute approximate surface area is 226 Å². The molecule has 1 unspecified atom stereocenters. The number of fused-ring (bicyclic) bond motifs is 5. The van der Waals surface area contributed by atoms with Crippen LogP contribution >= 0.6 is 0 Å². The Morgan fingerprint density at radius 1 is 0.947 bits per heavy atom. The van der Waals surface area contributed by atoms with Gasteiger partial charge in [-0.25, -0.2) is 0 Å². The Kier molecular flexibility index (Phi) is 7.23. The number of rotatable bonds is 6. The first kappa shape index (κ1) is 28.0. The van der Waals surface area contributed by atoms with E-state index < -0.39 is 17.7 Å². The van der Waals surface area contributed by atoms with Crippen molar-refractivity contribution in [2.75, 3.05) is 7.11 Å². The van der Waals surface area contributed by atoms with Crippen molar-refractivity contribution in [2.24, 2.45) is 45.8 Å². The minimum absolute atomic E-state index is 0.0538. The van der Waals surface area contributed by atoms with Gasteiger partial charge < -0.3 is 9.47 Å². The summed E-state index contributed by atoms with van der Waals surface area (Å²) in [7, 11) is 1.57. The second-order valence-corrected chi connectivity index (χ2v) is 14.0. The summed E-state index contributed by atoms with van der Waals surface area (Å²) in [5.41, 5.74) is -0.241. The predicted molar refractivity (Wildman–Crippen MR) is 142 cm³/mol. The number of ether oxygens (including phenoxy) is 2. The van der Waals surface area contributed by atoms with Crippen molar-refractivity contribution >= 4 is 5.78 Å². The average Bonchev–Trinajstić information content (AvgIpc) is 3.22. The first-order valence-electron chi connectivity index (χ1n) is 14.6. The summed E-state index contributed by atoms with van der Waals surface area (Å²) in [4.78, 5) is 12.2. The van der Waals surface area contributed by atoms with E-state index in [1.165, 1.54) is 0 Å². The molecule has 0 amide bonds. The Hall–Kier alpha value is -1.56. The van der Waals surface area contributed by atoms with Gasteiger partial charge in [0.2, 0.25) is 0 Å². The summed E-state index contributed by atoms with van der Waals surface area (Å²) in [6.07, 6.45) is 2.27. The number of carbonyl (C=O) groups excluding carboxylic acids is 1. The molecule has 1 aromatic carbocycles. The Balaban J connectivity index is 1.36. The molecule has 5 rings (SSSR count). The number of halogens is 3. The zero-order valence-electron chi connectivity index (χ0n) is 23.7. The molecule has 38 heavy (non-hydrogen) atoms. The van der Waals surface area contributed by atoms with E-state index in [-0.39, 0.29) is 23.4 Å². The van der Waals surface area contributed by atoms with Crippen molar-refractivity contribution in [3.05, 3.63) is 29.8 Å². The van der Waals surface area contributed by atoms with Gasteiger partial charge in [-0.3, -0.25) is 4.79 Å². The van der Waals surface area contributed by atoms with Gasteiger partial charge >= 0.3 is 6.18 Å². The topological polar surface area (TPSA) is 35.5 Å². The van der Waals surface area contributed by atoms with Crippen molar-refractivity contribution < 1.29 is 27.4 Å². The van der Waals surface area contributed by atoms with Crippen LogP contribution < -0.4 is 4.74 Å². The van der Waals surface area contributed by atoms with Gasteiger partial charge in [0.1, 0.15) is 11.5 Å². The number of methoxy groups -OCH3 is 1. The molecule has 0 N–H and O–H groups in total. The van der Waals surface area contributed by atoms with E-state index in [0.717, 1.165) is 51.4 Å². The zero-order chi connectivity index (χ0) is 27.5. The fraction of sp³-hybridized carbons (Fsp3) is 0.781. The SMILES string of the molecule is COc1ccc(COC(C(F)(F)F)C(C)(C)[C@H]2CC[C@H]3[C@@H]4CC[C@@H]5CC(=O)CC[C@]5(C)[C@H]4CC[C@]23C)cc1. The largest absolute Gasteiger partial charge is 0.497 e. The van der Waals surface area contributed by atoms with Gasteiger partial charge in [0.15, 0.2) is 6.10 Å². The molecule has 0 bridgehead atoms. The third kappa shape index (κ3) is 4.61. The number of hydrogen-bond acceptors (Lipinski definition) is 3. The third-order valence-corrected chi connectivity index (χ3v) is 11.9. The monoisotopic (exact) mass is 534 g/mol. The van der Waals surface area contributed by atoms with Crippen molar-refractivity contribution in [1.29, 1.82) is 0 Å². The molecule has 1 aromatic rings. The van der Waals surface area contributed by atoms with Crippen molar-refractivity contribution in [3.8, 4) is 5.75 Å². The zero-order valence-corrected chi connectivity index (χ0v) is 23.7. The minimum Gasteiger partial charge on any atom is -0.497 e. The molecule has 4 fully saturated rings. The summed E-state index contributed by atoms with van der Waals surface area (Å²) in [6.45, 7) is 8.24. The highest BCUT2D eigenvalue weighted by atomic mass is 19.4. The number of hydrogen-bond donors (Lipinski definition) is 0. The van der Waals surface area contributed by atoms with Crippen LogP contribution in [0.4, 0.5) is 13.2 Å². The van der Waals surface area contributed by atoms with Crippen LogP contribution in [0.3, 0.4) is 0 Å². The molecule has 0 saturated heterocycles. The Morgan fingerprint density at radius 3 is 2.29 bits per heavy atom. The lowest BCUT2D eigenvalue weighted by molar-refractivity contribution is -0.269. The van der Waals surface area contributed by atoms with Crippen LogP contribution in [0, 0.1) is 45.8 Å². The second-order valence-electron chi connectivity index (χ2n) is 14.0. The molecule has 8 atom stereocenters. The third-order valence-electron chi connectivity index (χ3n) is 11.9. The quantitative estimate of drug-likeness (QED) is 0.368. The first-order valence-corrected chi connectivity index (χ1v) is 14.6. The van der Waals surface area contributed by atoms with E-state index in [1.807, 2.05) is 0 Å². The lowest BCUT2D eigenvalue weighted by atomic mass is 9.44. The van der Waals surface area contributed by atoms with Crippen LogP contribution in [-0.4, -0.2) is 25.2 Å². The molecule has 0 spiro atoms. The highest BCUT2D eigenvalue weighted by molar-refractivity contribution is 5.79. The minimum atomic E-state index is -4.44. The number of benzene rings is 1. The maximum atomic E-state index is 14.6. The van der Waals surface area contributed by atoms with Crippen LogP contribution in [0.25, 0.3) is 0 Å². The molecule has 0 heterocycles. The number of alkyl halides is 3. The lowest BCUT2D eigenvalue weighted by Crippen LogP contribution is -2.56. The van der Waals surface area contributed by atoms with E-state index in [4.69, 9.17) is 9.47 Å². The van der Waals surface area contributed by atoms with E-state index in [0.29, 0.717) is 47.2 Å². The average molecular weight is 535 g/mol. The highest BCUT2D eigenvalue weighted by Gasteiger charge is 2.65. The summed E-state index contributed by atoms with van der Waals surface area (Å²) in [6, 6.07) is 7.04. The summed E-state index contributed by atoms with van der Waals surface area (Å²) < 4.78 is 54.8. The number of ketones is 1. The van der Waals surface area contributed by atoms with E-state index in [2.05, 4.69) is 13.8 Å². The molecular weight excluding hydrogens is 489 g/mol. The van der Waals surface area contributed by atoms with E-state index in [1.54, 1.807) is 45.2 Å². The molecule has 0 aromatic heterocycles. The first-order chi connectivity index (χ1) is 17.8. The molecule has 212 valence electrons. The molecule has 4 aliphatic carbocycles. The van der Waals surface area contributed by atoms with Crippen LogP contribution in [-0.2, 0) is 16.1 Å². The fourth-order valence-electron chi connectivity index (χ4n) is 10.1. The van der Waals surface area contributed by atoms with E-state index >= 15 is 0 Å². The van der Waals surface area contributed by atoms with Crippen LogP contribution in [0.1, 0.15) is 91.0 Å². The number of carbonyl (C=O) groups is 1. The Bertz CT molecular complexity index is 1020. The molecule has 6 heteroatoms. The second kappa shape index (κ2) is 9.82. The van der Waals surface area contributed by atoms with Gasteiger partial charge in [0.25, 0.3) is 0 Å². The molecule has 0 aliphatic heterocycles.